The van der Waals surface area contributed by atoms with Gasteiger partial charge < -0.3 is 10.2 Å². The minimum absolute atomic E-state index is 0.000618. The van der Waals surface area contributed by atoms with E-state index in [1.807, 2.05) is 73.7 Å². The van der Waals surface area contributed by atoms with E-state index in [9.17, 15) is 10.1 Å². The fourth-order valence-corrected chi connectivity index (χ4v) is 5.68. The van der Waals surface area contributed by atoms with Crippen LogP contribution >= 0.6 is 23.2 Å². The molecule has 3 heterocycles. The number of aliphatic imine (C=N–C) groups is 2. The highest BCUT2D eigenvalue weighted by atomic mass is 35.5. The molecule has 1 atom stereocenters. The van der Waals surface area contributed by atoms with Crippen molar-refractivity contribution in [3.63, 3.8) is 0 Å². The van der Waals surface area contributed by atoms with Gasteiger partial charge in [-0.3, -0.25) is 10.1 Å². The Kier molecular flexibility index (Phi) is 6.26. The number of nitrogens with one attached hydrogen (secondary N) is 1. The number of amidine groups is 2. The monoisotopic (exact) mass is 593 g/mol. The van der Waals surface area contributed by atoms with Crippen molar-refractivity contribution in [2.45, 2.75) is 13.0 Å². The number of hydrogen-bond acceptors (Lipinski definition) is 7. The lowest BCUT2D eigenvalue weighted by molar-refractivity contribution is -0.384. The Hall–Kier alpha value is -4.99. The van der Waals surface area contributed by atoms with Crippen LogP contribution in [0, 0.1) is 17.0 Å². The Morgan fingerprint density at radius 3 is 2.45 bits per heavy atom. The summed E-state index contributed by atoms with van der Waals surface area (Å²) in [6, 6.07) is 28.9. The number of anilines is 2. The molecule has 5 aromatic rings. The van der Waals surface area contributed by atoms with Crippen molar-refractivity contribution < 1.29 is 4.92 Å². The van der Waals surface area contributed by atoms with Gasteiger partial charge in [0.1, 0.15) is 0 Å². The van der Waals surface area contributed by atoms with E-state index < -0.39 is 6.04 Å². The maximum atomic E-state index is 11.8. The van der Waals surface area contributed by atoms with Gasteiger partial charge in [-0.15, -0.1) is 0 Å². The second-order valence-electron chi connectivity index (χ2n) is 9.83. The number of halogens is 2. The Morgan fingerprint density at radius 1 is 0.881 bits per heavy atom. The van der Waals surface area contributed by atoms with Crippen LogP contribution in [0.25, 0.3) is 5.69 Å². The van der Waals surface area contributed by atoms with Gasteiger partial charge >= 0.3 is 0 Å². The Labute approximate surface area is 250 Å². The molecule has 0 radical (unpaired) electrons. The number of nitrogens with zero attached hydrogens (tertiary/aromatic N) is 6. The van der Waals surface area contributed by atoms with E-state index in [2.05, 4.69) is 10.2 Å². The number of non-ortho nitro benzene ring substituents is 1. The summed E-state index contributed by atoms with van der Waals surface area (Å²) in [6.07, 6.45) is 0. The van der Waals surface area contributed by atoms with Crippen molar-refractivity contribution in [2.24, 2.45) is 9.98 Å². The summed E-state index contributed by atoms with van der Waals surface area (Å²) in [7, 11) is 0. The van der Waals surface area contributed by atoms with E-state index >= 15 is 0 Å². The van der Waals surface area contributed by atoms with Gasteiger partial charge in [-0.25, -0.2) is 14.7 Å². The van der Waals surface area contributed by atoms with Gasteiger partial charge in [-0.2, -0.15) is 5.10 Å². The first-order valence-corrected chi connectivity index (χ1v) is 13.8. The first kappa shape index (κ1) is 25.9. The normalized spacial score (nSPS) is 15.2. The number of fused-ring (bicyclic) bond motifs is 4. The molecule has 0 saturated carbocycles. The van der Waals surface area contributed by atoms with E-state index in [0.717, 1.165) is 28.2 Å². The van der Waals surface area contributed by atoms with Crippen molar-refractivity contribution in [1.82, 2.24) is 9.78 Å². The van der Waals surface area contributed by atoms with Gasteiger partial charge in [0.25, 0.3) is 5.69 Å². The summed E-state index contributed by atoms with van der Waals surface area (Å²) in [5, 5.41) is 20.9. The van der Waals surface area contributed by atoms with Crippen LogP contribution in [0.1, 0.15) is 22.9 Å². The SMILES string of the molecule is Cc1nn(-c2ccccc2)c2c1[C@@H](c1cccc([N+](=O)[O-])c1)N1C(=N2)C(Nc2ccc(Cl)c(Cl)c2)=Nc2ccccc21. The zero-order valence-corrected chi connectivity index (χ0v) is 23.6. The van der Waals surface area contributed by atoms with E-state index in [-0.39, 0.29) is 10.6 Å². The highest BCUT2D eigenvalue weighted by Gasteiger charge is 2.41. The van der Waals surface area contributed by atoms with Gasteiger partial charge in [-0.05, 0) is 55.0 Å². The van der Waals surface area contributed by atoms with Crippen molar-refractivity contribution in [3.05, 3.63) is 134 Å². The molecular weight excluding hydrogens is 573 g/mol. The second kappa shape index (κ2) is 10.1. The van der Waals surface area contributed by atoms with Crippen LogP contribution in [0.5, 0.6) is 0 Å². The lowest BCUT2D eigenvalue weighted by Crippen LogP contribution is -2.46. The lowest BCUT2D eigenvalue weighted by Gasteiger charge is -2.40. The molecule has 42 heavy (non-hydrogen) atoms. The quantitative estimate of drug-likeness (QED) is 0.167. The maximum absolute atomic E-state index is 11.8. The Bertz CT molecular complexity index is 1950. The highest BCUT2D eigenvalue weighted by molar-refractivity contribution is 6.52. The van der Waals surface area contributed by atoms with Crippen molar-refractivity contribution >= 4 is 63.4 Å². The van der Waals surface area contributed by atoms with Crippen molar-refractivity contribution in [3.8, 4) is 5.69 Å². The number of hydrogen-bond donors (Lipinski definition) is 1. The van der Waals surface area contributed by atoms with Crippen LogP contribution in [0.2, 0.25) is 10.0 Å². The summed E-state index contributed by atoms with van der Waals surface area (Å²) in [5.41, 5.74) is 5.36. The van der Waals surface area contributed by atoms with Crippen LogP contribution in [0.15, 0.2) is 107 Å². The molecular formula is C31H21Cl2N7O2. The van der Waals surface area contributed by atoms with Crippen LogP contribution in [0.3, 0.4) is 0 Å². The molecule has 0 spiro atoms. The average molecular weight is 594 g/mol. The minimum atomic E-state index is -0.493. The highest BCUT2D eigenvalue weighted by Crippen LogP contribution is 2.48. The maximum Gasteiger partial charge on any atom is 0.269 e. The number of aromatic nitrogens is 2. The fourth-order valence-electron chi connectivity index (χ4n) is 5.38. The summed E-state index contributed by atoms with van der Waals surface area (Å²) < 4.78 is 1.80. The minimum Gasteiger partial charge on any atom is -0.337 e. The lowest BCUT2D eigenvalue weighted by atomic mass is 9.93. The number of nitro groups is 1. The molecule has 9 nitrogen and oxygen atoms in total. The molecule has 0 aliphatic carbocycles. The molecule has 0 bridgehead atoms. The molecule has 7 rings (SSSR count). The van der Waals surface area contributed by atoms with E-state index in [1.165, 1.54) is 6.07 Å². The third-order valence-electron chi connectivity index (χ3n) is 7.22. The van der Waals surface area contributed by atoms with Crippen LogP contribution in [-0.4, -0.2) is 26.4 Å². The number of nitro benzene ring substituents is 1. The van der Waals surface area contributed by atoms with Crippen molar-refractivity contribution in [1.29, 1.82) is 0 Å². The van der Waals surface area contributed by atoms with Gasteiger partial charge in [0.2, 0.25) is 0 Å². The largest absolute Gasteiger partial charge is 0.337 e. The second-order valence-corrected chi connectivity index (χ2v) is 10.6. The summed E-state index contributed by atoms with van der Waals surface area (Å²) in [5.74, 6) is 1.62. The van der Waals surface area contributed by atoms with E-state index in [4.69, 9.17) is 38.3 Å². The van der Waals surface area contributed by atoms with Crippen LogP contribution in [-0.2, 0) is 0 Å². The summed E-state index contributed by atoms with van der Waals surface area (Å²) in [6.45, 7) is 1.93. The Morgan fingerprint density at radius 2 is 1.67 bits per heavy atom. The van der Waals surface area contributed by atoms with Crippen molar-refractivity contribution in [2.75, 3.05) is 10.2 Å². The molecule has 1 aromatic heterocycles. The summed E-state index contributed by atoms with van der Waals surface area (Å²) in [4.78, 5) is 23.6. The number of rotatable bonds is 4. The zero-order chi connectivity index (χ0) is 29.0. The third kappa shape index (κ3) is 4.30. The summed E-state index contributed by atoms with van der Waals surface area (Å²) >= 11 is 12.5. The van der Waals surface area contributed by atoms with E-state index in [1.54, 1.807) is 28.9 Å². The zero-order valence-electron chi connectivity index (χ0n) is 22.1. The predicted octanol–water partition coefficient (Wildman–Crippen LogP) is 8.19. The third-order valence-corrected chi connectivity index (χ3v) is 7.96. The molecule has 0 amide bonds. The fraction of sp³-hybridized carbons (Fsp3) is 0.0645. The molecule has 2 aliphatic heterocycles. The number of para-hydroxylation sites is 3. The predicted molar refractivity (Wildman–Crippen MR) is 166 cm³/mol. The van der Waals surface area contributed by atoms with Crippen LogP contribution < -0.4 is 10.2 Å². The van der Waals surface area contributed by atoms with Gasteiger partial charge in [-0.1, -0.05) is 65.7 Å². The van der Waals surface area contributed by atoms with Gasteiger partial charge in [0.05, 0.1) is 43.8 Å². The van der Waals surface area contributed by atoms with E-state index in [0.29, 0.717) is 38.9 Å². The van der Waals surface area contributed by atoms with Gasteiger partial charge in [0, 0.05) is 23.4 Å². The Balaban J connectivity index is 1.50. The smallest absolute Gasteiger partial charge is 0.269 e. The standard InChI is InChI=1S/C31H21Cl2N7O2/c1-18-27-28(19-8-7-11-22(16-19)40(41)42)38-26-13-6-5-12-25(26)35-29(34-20-14-15-23(32)24(33)17-20)31(38)36-30(27)39(37-18)21-9-3-2-4-10-21/h2-17,28H,1H3,(H,34,35)/t28-/m1/s1. The first-order valence-electron chi connectivity index (χ1n) is 13.1. The molecule has 2 aliphatic rings. The molecule has 0 fully saturated rings. The molecule has 11 heteroatoms. The van der Waals surface area contributed by atoms with Gasteiger partial charge in [0.15, 0.2) is 17.5 Å². The number of aryl methyl sites for hydroxylation is 1. The van der Waals surface area contributed by atoms with Crippen LogP contribution in [0.4, 0.5) is 28.6 Å². The molecule has 0 unspecified atom stereocenters. The molecule has 1 N–H and O–H groups in total. The average Bonchev–Trinajstić information content (AvgIpc) is 3.34. The molecule has 0 saturated heterocycles. The first-order chi connectivity index (χ1) is 20.4. The molecule has 4 aromatic carbocycles. The number of benzene rings is 4. The topological polar surface area (TPSA) is 101 Å². The molecule has 206 valence electrons.